The Morgan fingerprint density at radius 1 is 0.909 bits per heavy atom. The molecule has 1 saturated heterocycles. The van der Waals surface area contributed by atoms with E-state index in [4.69, 9.17) is 14.5 Å². The Balaban J connectivity index is 1.02. The summed E-state index contributed by atoms with van der Waals surface area (Å²) in [5, 5.41) is 10.7. The molecule has 5 fully saturated rings. The summed E-state index contributed by atoms with van der Waals surface area (Å²) in [5.41, 5.74) is 4.18. The van der Waals surface area contributed by atoms with Crippen molar-refractivity contribution in [3.63, 3.8) is 0 Å². The molecule has 2 atom stereocenters. The molecule has 5 aliphatic rings. The van der Waals surface area contributed by atoms with Crippen LogP contribution >= 0.6 is 0 Å². The first-order valence-electron chi connectivity index (χ1n) is 12.6. The molecule has 7 rings (SSSR count). The molecule has 4 saturated carbocycles. The van der Waals surface area contributed by atoms with Crippen molar-refractivity contribution in [2.75, 3.05) is 6.61 Å². The lowest BCUT2D eigenvalue weighted by Gasteiger charge is -2.60. The topological polar surface area (TPSA) is 47.9 Å². The summed E-state index contributed by atoms with van der Waals surface area (Å²) in [6.45, 7) is 4.73. The van der Waals surface area contributed by atoms with Crippen LogP contribution in [-0.4, -0.2) is 23.6 Å². The SMILES string of the molecule is C=C(CCC(O)c1ccc(-c2ccccc2)cc1)C1COC2(OO1)C1CC3CC(C1)CC2C3. The third-order valence-corrected chi connectivity index (χ3v) is 8.63. The van der Waals surface area contributed by atoms with E-state index < -0.39 is 11.9 Å². The lowest BCUT2D eigenvalue weighted by Crippen LogP contribution is -2.63. The van der Waals surface area contributed by atoms with Crippen LogP contribution in [0.5, 0.6) is 0 Å². The number of aliphatic hydroxyl groups excluding tert-OH is 1. The zero-order chi connectivity index (χ0) is 22.4. The third-order valence-electron chi connectivity index (χ3n) is 8.63. The van der Waals surface area contributed by atoms with E-state index in [1.165, 1.54) is 37.7 Å². The molecule has 4 aliphatic carbocycles. The minimum Gasteiger partial charge on any atom is -0.388 e. The molecule has 2 aromatic carbocycles. The quantitative estimate of drug-likeness (QED) is 0.423. The molecular formula is C29H34O4. The van der Waals surface area contributed by atoms with Crippen LogP contribution < -0.4 is 0 Å². The van der Waals surface area contributed by atoms with Crippen molar-refractivity contribution in [2.24, 2.45) is 23.7 Å². The summed E-state index contributed by atoms with van der Waals surface area (Å²) in [6.07, 6.45) is 6.75. The van der Waals surface area contributed by atoms with Crippen molar-refractivity contribution in [2.45, 2.75) is 62.9 Å². The minimum absolute atomic E-state index is 0.263. The molecule has 4 bridgehead atoms. The van der Waals surface area contributed by atoms with Gasteiger partial charge in [0.2, 0.25) is 5.79 Å². The van der Waals surface area contributed by atoms with Gasteiger partial charge in [-0.2, -0.15) is 4.89 Å². The first-order chi connectivity index (χ1) is 16.1. The van der Waals surface area contributed by atoms with Gasteiger partial charge >= 0.3 is 0 Å². The average molecular weight is 447 g/mol. The van der Waals surface area contributed by atoms with Gasteiger partial charge < -0.3 is 9.84 Å². The largest absolute Gasteiger partial charge is 0.388 e. The molecule has 1 heterocycles. The second kappa shape index (κ2) is 8.66. The molecular weight excluding hydrogens is 412 g/mol. The summed E-state index contributed by atoms with van der Waals surface area (Å²) in [5.74, 6) is 2.15. The molecule has 33 heavy (non-hydrogen) atoms. The summed E-state index contributed by atoms with van der Waals surface area (Å²) in [6, 6.07) is 18.4. The van der Waals surface area contributed by atoms with E-state index in [0.717, 1.165) is 28.5 Å². The maximum atomic E-state index is 10.7. The van der Waals surface area contributed by atoms with Gasteiger partial charge in [0, 0.05) is 11.8 Å². The first kappa shape index (κ1) is 21.5. The lowest BCUT2D eigenvalue weighted by molar-refractivity contribution is -0.520. The van der Waals surface area contributed by atoms with Gasteiger partial charge in [-0.3, -0.25) is 0 Å². The van der Waals surface area contributed by atoms with Crippen molar-refractivity contribution in [3.8, 4) is 11.1 Å². The maximum absolute atomic E-state index is 10.7. The van der Waals surface area contributed by atoms with E-state index in [2.05, 4.69) is 30.8 Å². The molecule has 174 valence electrons. The number of ether oxygens (including phenoxy) is 1. The molecule has 2 unspecified atom stereocenters. The highest BCUT2D eigenvalue weighted by Crippen LogP contribution is 2.60. The predicted molar refractivity (Wildman–Crippen MR) is 127 cm³/mol. The third kappa shape index (κ3) is 3.97. The molecule has 4 heteroatoms. The molecule has 0 radical (unpaired) electrons. The zero-order valence-corrected chi connectivity index (χ0v) is 19.2. The van der Waals surface area contributed by atoms with Crippen LogP contribution in [0.2, 0.25) is 0 Å². The fourth-order valence-electron chi connectivity index (χ4n) is 6.97. The standard InChI is InChI=1S/C29H34O4/c1-19(7-12-27(30)24-10-8-23(9-11-24)22-5-3-2-4-6-22)28-18-31-29(33-32-28)25-14-20-13-21(16-25)17-26(29)15-20/h2-6,8-11,20-21,25-28,30H,1,7,12-18H2. The van der Waals surface area contributed by atoms with E-state index in [0.29, 0.717) is 31.3 Å². The maximum Gasteiger partial charge on any atom is 0.207 e. The molecule has 1 N–H and O–H groups in total. The Kier molecular flexibility index (Phi) is 5.66. The van der Waals surface area contributed by atoms with Gasteiger partial charge in [0.25, 0.3) is 0 Å². The number of hydrogen-bond donors (Lipinski definition) is 1. The van der Waals surface area contributed by atoms with E-state index in [1.807, 2.05) is 30.3 Å². The highest BCUT2D eigenvalue weighted by Gasteiger charge is 2.61. The molecule has 0 amide bonds. The second-order valence-corrected chi connectivity index (χ2v) is 10.7. The molecule has 0 aromatic heterocycles. The fourth-order valence-corrected chi connectivity index (χ4v) is 6.97. The van der Waals surface area contributed by atoms with Crippen molar-refractivity contribution in [1.29, 1.82) is 0 Å². The number of hydrogen-bond acceptors (Lipinski definition) is 4. The summed E-state index contributed by atoms with van der Waals surface area (Å²) < 4.78 is 6.45. The van der Waals surface area contributed by atoms with Gasteiger partial charge in [-0.05, 0) is 79.0 Å². The molecule has 1 aliphatic heterocycles. The van der Waals surface area contributed by atoms with Gasteiger partial charge in [0.05, 0.1) is 12.7 Å². The van der Waals surface area contributed by atoms with Gasteiger partial charge in [-0.25, -0.2) is 4.89 Å². The van der Waals surface area contributed by atoms with Crippen LogP contribution in [0.4, 0.5) is 0 Å². The van der Waals surface area contributed by atoms with E-state index in [1.54, 1.807) is 0 Å². The summed E-state index contributed by atoms with van der Waals surface area (Å²) >= 11 is 0. The number of benzene rings is 2. The predicted octanol–water partition coefficient (Wildman–Crippen LogP) is 6.22. The van der Waals surface area contributed by atoms with Crippen LogP contribution in [0.3, 0.4) is 0 Å². The molecule has 4 nitrogen and oxygen atoms in total. The van der Waals surface area contributed by atoms with Gasteiger partial charge in [-0.1, -0.05) is 61.2 Å². The Morgan fingerprint density at radius 3 is 2.15 bits per heavy atom. The second-order valence-electron chi connectivity index (χ2n) is 10.7. The lowest BCUT2D eigenvalue weighted by atomic mass is 9.53. The smallest absolute Gasteiger partial charge is 0.207 e. The number of aliphatic hydroxyl groups is 1. The van der Waals surface area contributed by atoms with Gasteiger partial charge in [-0.15, -0.1) is 0 Å². The average Bonchev–Trinajstić information content (AvgIpc) is 2.86. The normalized spacial score (nSPS) is 35.6. The van der Waals surface area contributed by atoms with Crippen LogP contribution in [0, 0.1) is 23.7 Å². The highest BCUT2D eigenvalue weighted by molar-refractivity contribution is 5.63. The Bertz CT molecular complexity index is 944. The zero-order valence-electron chi connectivity index (χ0n) is 19.2. The first-order valence-corrected chi connectivity index (χ1v) is 12.6. The van der Waals surface area contributed by atoms with Crippen molar-refractivity contribution in [1.82, 2.24) is 0 Å². The van der Waals surface area contributed by atoms with Crippen LogP contribution in [0.25, 0.3) is 11.1 Å². The Hall–Kier alpha value is -1.98. The summed E-state index contributed by atoms with van der Waals surface area (Å²) in [4.78, 5) is 12.0. The summed E-state index contributed by atoms with van der Waals surface area (Å²) in [7, 11) is 0. The van der Waals surface area contributed by atoms with Crippen LogP contribution in [-0.2, 0) is 14.5 Å². The molecule has 1 spiro atoms. The Labute approximate surface area is 196 Å². The number of rotatable bonds is 6. The van der Waals surface area contributed by atoms with Gasteiger partial charge in [0.15, 0.2) is 0 Å². The van der Waals surface area contributed by atoms with Crippen LogP contribution in [0.1, 0.15) is 56.6 Å². The van der Waals surface area contributed by atoms with Crippen LogP contribution in [0.15, 0.2) is 66.7 Å². The monoisotopic (exact) mass is 446 g/mol. The van der Waals surface area contributed by atoms with E-state index >= 15 is 0 Å². The van der Waals surface area contributed by atoms with E-state index in [9.17, 15) is 5.11 Å². The molecule has 2 aromatic rings. The van der Waals surface area contributed by atoms with Crippen molar-refractivity contribution < 1.29 is 19.6 Å². The van der Waals surface area contributed by atoms with E-state index in [-0.39, 0.29) is 6.10 Å². The van der Waals surface area contributed by atoms with Gasteiger partial charge in [0.1, 0.15) is 6.10 Å². The minimum atomic E-state index is -0.534. The Morgan fingerprint density at radius 2 is 1.55 bits per heavy atom. The fraction of sp³-hybridized carbons (Fsp3) is 0.517. The highest BCUT2D eigenvalue weighted by atomic mass is 17.2. The van der Waals surface area contributed by atoms with Crippen molar-refractivity contribution >= 4 is 0 Å². The van der Waals surface area contributed by atoms with Crippen molar-refractivity contribution in [3.05, 3.63) is 72.3 Å².